The van der Waals surface area contributed by atoms with Gasteiger partial charge < -0.3 is 61.6 Å². The molecule has 12 heterocycles. The van der Waals surface area contributed by atoms with Gasteiger partial charge in [-0.05, 0) is 118 Å². The number of fused-ring (bicyclic) bond motifs is 8. The Bertz CT molecular complexity index is 6300. The molecule has 12 saturated carbocycles. The van der Waals surface area contributed by atoms with Crippen molar-refractivity contribution >= 4 is 147 Å². The van der Waals surface area contributed by atoms with Crippen LogP contribution in [0.3, 0.4) is 0 Å². The number of carbonyl (C=O) groups is 11. The number of carbonyl (C=O) groups excluding carboxylic acids is 11. The van der Waals surface area contributed by atoms with Gasteiger partial charge in [0.25, 0.3) is 80.9 Å². The van der Waals surface area contributed by atoms with Crippen molar-refractivity contribution in [2.45, 2.75) is 288 Å². The second-order valence-electron chi connectivity index (χ2n) is 40.6. The Hall–Kier alpha value is -8.92. The lowest BCUT2D eigenvalue weighted by atomic mass is 9.94. The molecule has 16 bridgehead atoms. The maximum atomic E-state index is 12.2. The van der Waals surface area contributed by atoms with Gasteiger partial charge in [-0.3, -0.25) is 33.5 Å². The van der Waals surface area contributed by atoms with Crippen LogP contribution in [0, 0.1) is 71.0 Å². The molecule has 0 spiro atoms. The van der Waals surface area contributed by atoms with Gasteiger partial charge in [0, 0.05) is 112 Å². The number of esters is 11. The zero-order valence-corrected chi connectivity index (χ0v) is 85.5. The van der Waals surface area contributed by atoms with Gasteiger partial charge in [-0.2, -0.15) is 80.5 Å². The molecule has 0 aromatic rings. The number of hydrogen-bond acceptors (Lipinski definition) is 48. The fourth-order valence-corrected chi connectivity index (χ4v) is 39.9. The smallest absolute Gasteiger partial charge is 0.422 e. The first-order valence-corrected chi connectivity index (χ1v) is 58.8. The van der Waals surface area contributed by atoms with Crippen LogP contribution in [-0.4, -0.2) is 323 Å². The second kappa shape index (κ2) is 40.2. The highest BCUT2D eigenvalue weighted by atomic mass is 32.3. The van der Waals surface area contributed by atoms with Gasteiger partial charge in [0.2, 0.25) is 0 Å². The van der Waals surface area contributed by atoms with Gasteiger partial charge in [-0.15, -0.1) is 0 Å². The predicted molar refractivity (Wildman–Crippen MR) is 481 cm³/mol. The predicted octanol–water partition coefficient (Wildman–Crippen LogP) is 1.15. The summed E-state index contributed by atoms with van der Waals surface area (Å²) in [5, 5.41) is -3.82. The highest BCUT2D eigenvalue weighted by Crippen LogP contribution is 2.62. The number of ether oxygens (including phenoxy) is 13. The molecule has 24 fully saturated rings. The lowest BCUT2D eigenvalue weighted by molar-refractivity contribution is -0.168. The van der Waals surface area contributed by atoms with Gasteiger partial charge in [0.1, 0.15) is 114 Å². The molecule has 818 valence electrons. The van der Waals surface area contributed by atoms with E-state index in [1.54, 1.807) is 13.8 Å². The molecule has 148 heavy (non-hydrogen) atoms. The van der Waals surface area contributed by atoms with Crippen molar-refractivity contribution in [3.8, 4) is 0 Å². The maximum absolute atomic E-state index is 12.2. The summed E-state index contributed by atoms with van der Waals surface area (Å²) < 4.78 is 329. The van der Waals surface area contributed by atoms with E-state index < -0.39 is 314 Å². The molecule has 40 unspecified atom stereocenters. The molecule has 0 aromatic carbocycles. The summed E-state index contributed by atoms with van der Waals surface area (Å²) in [5.74, 6) is -8.41. The number of alkyl halides is 3. The third-order valence-corrected chi connectivity index (χ3v) is 45.6. The van der Waals surface area contributed by atoms with Crippen molar-refractivity contribution in [2.24, 2.45) is 71.0 Å². The SMILES string of the molecule is C=C(C(=O)OCC(=O)OC1C2CC3C1OS(=O)(=O)C3C2)C(F)(F)F.C=C(C)C(=O)OC1C2CC3C(O2)C1OS3(=O)=O.C=C(C)C(=O)OC1C2CC3C1OS(=O)(=O)C3C2.C=C(C)C(=O)OC1C2CC3C1OS(=O)(=O)C3C2.C=C(C)C(=O)OCC(=O)OC1C2CC3C1OS(=O)(=O)C3C2.C=CC(=O)OC1C2CC3C(O2)C1OS3(=O)=O.C=CC(=O)OC1C2CC3C1OS(=O)(=O)C3C2.C=CC(=O)OCC(=O)OC1C2CC3C1OS(=O)(=O)C3C2. The molecule has 59 heteroatoms. The fraction of sp³-hybridized carbons (Fsp3) is 0.697. The zero-order valence-electron chi connectivity index (χ0n) is 79.0. The molecule has 0 N–H and O–H groups in total. The second-order valence-corrected chi connectivity index (χ2v) is 54.9. The standard InChI is InChI=1S/C13H13F3O7S.C13H16O7S.C12H14O7S.2C11H14O5S.C10H12O6S.C10H12O5S.C9H10O6S/c1-5(13(14,15)16)12(18)21-4-9(17)22-10-6-2-7-8(3-6)24(19,20)23-11(7)10;1-6(2)13(15)18-5-10(14)19-11-7-3-8-9(4-7)21(16,17)20-12(8)11;1-2-9(13)17-5-10(14)18-11-6-3-7-8(4-6)20(15,16)19-12(7)11;2*1-5(2)11(12)15-9-6-3-7-8(4-6)17(13,14)16-10(7)9;1-4(2)10(11)15-7-5-3-6-8(14-5)9(7)16-17(6,12)13;1-2-8(11)14-9-5-3-6-7(4-5)16(12,13)15-10(6)9;1-2-6(10)14-7-4-3-5-8(13-4)9(7)15-16(5,11)12/h6-8,10-11H,1-4H2;7-9,11-12H,1,3-5H2,2H3;2,6-8,11-12H,1,3-5H2;2*6-10H,1,3-4H2,2H3;5-9H,1,3H2,2H3;2,5-7,9-10H,1,3-4H2;2,4-5,7-9H,1,3H2. The highest BCUT2D eigenvalue weighted by Gasteiger charge is 2.74. The first-order chi connectivity index (χ1) is 69.0. The maximum Gasteiger partial charge on any atom is 0.422 e. The van der Waals surface area contributed by atoms with Crippen LogP contribution < -0.4 is 0 Å². The fourth-order valence-electron chi connectivity index (χ4n) is 25.4. The molecule has 48 nitrogen and oxygen atoms in total. The Balaban J connectivity index is 0.000000116. The van der Waals surface area contributed by atoms with Crippen LogP contribution in [0.1, 0.15) is 118 Å². The van der Waals surface area contributed by atoms with Gasteiger partial charge in [-0.25, -0.2) is 52.7 Å². The molecule has 24 aliphatic rings. The van der Waals surface area contributed by atoms with E-state index in [0.717, 1.165) is 37.5 Å². The molecule has 12 aliphatic heterocycles. The summed E-state index contributed by atoms with van der Waals surface area (Å²) in [7, 11) is -28.1. The molecule has 12 aliphatic carbocycles. The van der Waals surface area contributed by atoms with Crippen molar-refractivity contribution in [1.29, 1.82) is 0 Å². The summed E-state index contributed by atoms with van der Waals surface area (Å²) in [6.45, 7) is 30.4. The first-order valence-electron chi connectivity index (χ1n) is 47.0. The van der Waals surface area contributed by atoms with Crippen molar-refractivity contribution in [1.82, 2.24) is 0 Å². The van der Waals surface area contributed by atoms with E-state index >= 15 is 0 Å². The minimum absolute atomic E-state index is 0.00284. The number of halogens is 3. The normalized spacial score (nSPS) is 42.2. The van der Waals surface area contributed by atoms with E-state index in [1.165, 1.54) is 13.8 Å². The van der Waals surface area contributed by atoms with Crippen molar-refractivity contribution < 1.29 is 228 Å². The topological polar surface area (TPSA) is 655 Å². The Morgan fingerprint density at radius 2 is 0.480 bits per heavy atom. The molecule has 0 aromatic heterocycles. The average molecular weight is 2260 g/mol. The van der Waals surface area contributed by atoms with Crippen molar-refractivity contribution in [3.05, 3.63) is 98.7 Å². The highest BCUT2D eigenvalue weighted by molar-refractivity contribution is 7.89. The van der Waals surface area contributed by atoms with E-state index in [-0.39, 0.29) is 110 Å². The van der Waals surface area contributed by atoms with Crippen LogP contribution in [0.4, 0.5) is 13.2 Å². The van der Waals surface area contributed by atoms with E-state index in [1.807, 2.05) is 0 Å². The summed E-state index contributed by atoms with van der Waals surface area (Å²) in [4.78, 5) is 125. The van der Waals surface area contributed by atoms with Crippen LogP contribution in [0.5, 0.6) is 0 Å². The molecule has 0 amide bonds. The van der Waals surface area contributed by atoms with Crippen molar-refractivity contribution in [2.75, 3.05) is 19.8 Å². The lowest BCUT2D eigenvalue weighted by Gasteiger charge is -2.24. The molecular formula is C89H105F3O48S8. The Kier molecular flexibility index (Phi) is 29.9. The van der Waals surface area contributed by atoms with E-state index in [9.17, 15) is 133 Å². The van der Waals surface area contributed by atoms with E-state index in [0.29, 0.717) is 81.8 Å². The van der Waals surface area contributed by atoms with Crippen LogP contribution in [0.2, 0.25) is 0 Å². The minimum Gasteiger partial charge on any atom is -0.457 e. The van der Waals surface area contributed by atoms with Gasteiger partial charge in [0.05, 0.1) is 43.7 Å². The lowest BCUT2D eigenvalue weighted by Crippen LogP contribution is -2.41. The Labute approximate surface area is 847 Å². The van der Waals surface area contributed by atoms with Crippen LogP contribution in [0.15, 0.2) is 98.7 Å². The van der Waals surface area contributed by atoms with Gasteiger partial charge in [-0.1, -0.05) is 52.6 Å². The summed E-state index contributed by atoms with van der Waals surface area (Å²) in [6, 6.07) is 0. The molecular weight excluding hydrogens is 2150 g/mol. The largest absolute Gasteiger partial charge is 0.457 e. The molecule has 24 rings (SSSR count). The van der Waals surface area contributed by atoms with Gasteiger partial charge >= 0.3 is 71.8 Å². The zero-order chi connectivity index (χ0) is 108. The van der Waals surface area contributed by atoms with Gasteiger partial charge in [0.15, 0.2) is 32.0 Å². The summed E-state index contributed by atoms with van der Waals surface area (Å²) >= 11 is 0. The third-order valence-electron chi connectivity index (χ3n) is 31.6. The van der Waals surface area contributed by atoms with Crippen LogP contribution in [0.25, 0.3) is 0 Å². The van der Waals surface area contributed by atoms with Crippen molar-refractivity contribution in [3.63, 3.8) is 0 Å². The monoisotopic (exact) mass is 2250 g/mol. The molecule has 0 radical (unpaired) electrons. The quantitative estimate of drug-likeness (QED) is 0.0635. The number of rotatable bonds is 22. The molecule has 12 saturated heterocycles. The van der Waals surface area contributed by atoms with Crippen LogP contribution in [-0.2, 0) is 229 Å². The Morgan fingerprint density at radius 3 is 0.736 bits per heavy atom. The Morgan fingerprint density at radius 1 is 0.264 bits per heavy atom. The van der Waals surface area contributed by atoms with Crippen LogP contribution >= 0.6 is 0 Å². The summed E-state index contributed by atoms with van der Waals surface area (Å²) in [5.41, 5.74) is -0.625. The molecule has 40 atom stereocenters. The third kappa shape index (κ3) is 20.7. The van der Waals surface area contributed by atoms with E-state index in [2.05, 4.69) is 62.1 Å². The average Bonchev–Trinajstić information content (AvgIpc) is 2.07. The van der Waals surface area contributed by atoms with E-state index in [4.69, 9.17) is 85.6 Å². The minimum atomic E-state index is -4.95. The first kappa shape index (κ1) is 110. The summed E-state index contributed by atoms with van der Waals surface area (Å²) in [6.07, 6.45) is -4.95. The number of hydrogen-bond donors (Lipinski definition) is 0.